The Hall–Kier alpha value is -0.700. The third-order valence-electron chi connectivity index (χ3n) is 2.36. The summed E-state index contributed by atoms with van der Waals surface area (Å²) in [5, 5.41) is 0. The third kappa shape index (κ3) is 4.99. The molecule has 0 saturated carbocycles. The standard InChI is InChI=1S/C14H20BrO2/c1-3-5-10-16-13-9-7-8-12(15)14(13)17-11-6-4-2/h7-8H,3-6,10-11H2,1-2H3. The fourth-order valence-corrected chi connectivity index (χ4v) is 1.75. The highest BCUT2D eigenvalue weighted by molar-refractivity contribution is 9.10. The number of unbranched alkanes of at least 4 members (excludes halogenated alkanes) is 2. The first-order chi connectivity index (χ1) is 8.29. The number of benzene rings is 1. The smallest absolute Gasteiger partial charge is 0.175 e. The predicted octanol–water partition coefficient (Wildman–Crippen LogP) is 4.61. The Morgan fingerprint density at radius 3 is 2.41 bits per heavy atom. The second kappa shape index (κ2) is 8.40. The van der Waals surface area contributed by atoms with Gasteiger partial charge >= 0.3 is 0 Å². The normalized spacial score (nSPS) is 10.3. The van der Waals surface area contributed by atoms with Gasteiger partial charge in [-0.2, -0.15) is 0 Å². The molecular formula is C14H20BrO2. The number of hydrogen-bond acceptors (Lipinski definition) is 2. The molecule has 0 atom stereocenters. The molecule has 0 spiro atoms. The van der Waals surface area contributed by atoms with E-state index in [-0.39, 0.29) is 0 Å². The van der Waals surface area contributed by atoms with Crippen molar-refractivity contribution in [3.05, 3.63) is 22.7 Å². The van der Waals surface area contributed by atoms with Crippen LogP contribution in [0.15, 0.2) is 16.6 Å². The quantitative estimate of drug-likeness (QED) is 0.653. The second-order valence-electron chi connectivity index (χ2n) is 3.89. The highest BCUT2D eigenvalue weighted by Crippen LogP contribution is 2.34. The van der Waals surface area contributed by atoms with Crippen LogP contribution in [0, 0.1) is 6.07 Å². The van der Waals surface area contributed by atoms with E-state index in [0.29, 0.717) is 12.4 Å². The summed E-state index contributed by atoms with van der Waals surface area (Å²) >= 11 is 3.48. The van der Waals surface area contributed by atoms with E-state index in [2.05, 4.69) is 35.8 Å². The largest absolute Gasteiger partial charge is 0.489 e. The number of halogens is 1. The third-order valence-corrected chi connectivity index (χ3v) is 2.98. The van der Waals surface area contributed by atoms with E-state index in [9.17, 15) is 0 Å². The number of rotatable bonds is 8. The molecule has 1 aromatic rings. The molecule has 1 radical (unpaired) electrons. The molecule has 0 aliphatic rings. The Bertz CT molecular complexity index is 326. The van der Waals surface area contributed by atoms with E-state index in [1.807, 2.05) is 12.1 Å². The summed E-state index contributed by atoms with van der Waals surface area (Å²) in [6.07, 6.45) is 4.35. The van der Waals surface area contributed by atoms with E-state index in [1.165, 1.54) is 0 Å². The van der Waals surface area contributed by atoms with Crippen molar-refractivity contribution in [3.63, 3.8) is 0 Å². The molecule has 0 aliphatic heterocycles. The Kier molecular flexibility index (Phi) is 7.10. The van der Waals surface area contributed by atoms with E-state index in [4.69, 9.17) is 9.47 Å². The van der Waals surface area contributed by atoms with E-state index in [1.54, 1.807) is 0 Å². The summed E-state index contributed by atoms with van der Waals surface area (Å²) in [5.74, 6) is 1.49. The molecule has 17 heavy (non-hydrogen) atoms. The van der Waals surface area contributed by atoms with Gasteiger partial charge in [0.15, 0.2) is 11.5 Å². The minimum absolute atomic E-state index is 0.712. The minimum Gasteiger partial charge on any atom is -0.489 e. The second-order valence-corrected chi connectivity index (χ2v) is 4.74. The van der Waals surface area contributed by atoms with E-state index < -0.39 is 0 Å². The average Bonchev–Trinajstić information content (AvgIpc) is 2.33. The van der Waals surface area contributed by atoms with Crippen molar-refractivity contribution < 1.29 is 9.47 Å². The lowest BCUT2D eigenvalue weighted by atomic mass is 10.3. The van der Waals surface area contributed by atoms with Crippen molar-refractivity contribution in [2.24, 2.45) is 0 Å². The van der Waals surface area contributed by atoms with Gasteiger partial charge in [0, 0.05) is 6.07 Å². The molecule has 1 aromatic carbocycles. The summed E-state index contributed by atoms with van der Waals surface area (Å²) in [4.78, 5) is 0. The molecule has 3 heteroatoms. The van der Waals surface area contributed by atoms with Gasteiger partial charge in [0.25, 0.3) is 0 Å². The zero-order valence-corrected chi connectivity index (χ0v) is 12.2. The van der Waals surface area contributed by atoms with Crippen LogP contribution in [0.1, 0.15) is 39.5 Å². The SMILES string of the molecule is CCCCOc1[c]ccc(Br)c1OCCCC. The topological polar surface area (TPSA) is 18.5 Å². The van der Waals surface area contributed by atoms with Crippen molar-refractivity contribution >= 4 is 15.9 Å². The van der Waals surface area contributed by atoms with Crippen LogP contribution >= 0.6 is 15.9 Å². The van der Waals surface area contributed by atoms with Gasteiger partial charge in [-0.25, -0.2) is 0 Å². The van der Waals surface area contributed by atoms with Crippen molar-refractivity contribution in [1.82, 2.24) is 0 Å². The zero-order valence-electron chi connectivity index (χ0n) is 10.6. The zero-order chi connectivity index (χ0) is 12.5. The fraction of sp³-hybridized carbons (Fsp3) is 0.571. The molecule has 0 amide bonds. The summed E-state index contributed by atoms with van der Waals surface area (Å²) < 4.78 is 12.3. The van der Waals surface area contributed by atoms with Crippen molar-refractivity contribution in [2.45, 2.75) is 39.5 Å². The lowest BCUT2D eigenvalue weighted by Crippen LogP contribution is -2.02. The van der Waals surface area contributed by atoms with Gasteiger partial charge in [-0.05, 0) is 40.9 Å². The molecule has 95 valence electrons. The fourth-order valence-electron chi connectivity index (χ4n) is 1.32. The summed E-state index contributed by atoms with van der Waals surface area (Å²) in [7, 11) is 0. The first kappa shape index (κ1) is 14.4. The highest BCUT2D eigenvalue weighted by Gasteiger charge is 2.09. The monoisotopic (exact) mass is 299 g/mol. The van der Waals surface area contributed by atoms with Gasteiger partial charge in [0.2, 0.25) is 0 Å². The maximum Gasteiger partial charge on any atom is 0.175 e. The van der Waals surface area contributed by atoms with Gasteiger partial charge in [0.1, 0.15) is 0 Å². The van der Waals surface area contributed by atoms with Gasteiger partial charge in [-0.15, -0.1) is 0 Å². The van der Waals surface area contributed by atoms with Crippen LogP contribution in [-0.2, 0) is 0 Å². The molecular weight excluding hydrogens is 280 g/mol. The van der Waals surface area contributed by atoms with Gasteiger partial charge in [0.05, 0.1) is 17.7 Å². The Morgan fingerprint density at radius 2 is 1.76 bits per heavy atom. The van der Waals surface area contributed by atoms with E-state index >= 15 is 0 Å². The molecule has 0 N–H and O–H groups in total. The summed E-state index contributed by atoms with van der Waals surface area (Å²) in [6, 6.07) is 6.86. The van der Waals surface area contributed by atoms with Crippen molar-refractivity contribution in [1.29, 1.82) is 0 Å². The maximum atomic E-state index is 5.74. The molecule has 1 rings (SSSR count). The first-order valence-corrected chi connectivity index (χ1v) is 7.04. The van der Waals surface area contributed by atoms with Crippen LogP contribution in [0.5, 0.6) is 11.5 Å². The van der Waals surface area contributed by atoms with Crippen LogP contribution in [0.2, 0.25) is 0 Å². The molecule has 0 bridgehead atoms. The van der Waals surface area contributed by atoms with Crippen LogP contribution in [0.3, 0.4) is 0 Å². The molecule has 0 aliphatic carbocycles. The van der Waals surface area contributed by atoms with Gasteiger partial charge < -0.3 is 9.47 Å². The average molecular weight is 300 g/mol. The predicted molar refractivity (Wildman–Crippen MR) is 73.8 cm³/mol. The molecule has 0 heterocycles. The van der Waals surface area contributed by atoms with Gasteiger partial charge in [-0.1, -0.05) is 26.7 Å². The summed E-state index contributed by atoms with van der Waals surface area (Å²) in [5.41, 5.74) is 0. The van der Waals surface area contributed by atoms with Crippen LogP contribution in [0.4, 0.5) is 0 Å². The Balaban J connectivity index is 2.63. The maximum absolute atomic E-state index is 5.74. The molecule has 0 fully saturated rings. The Morgan fingerprint density at radius 1 is 1.12 bits per heavy atom. The number of ether oxygens (including phenoxy) is 2. The number of hydrogen-bond donors (Lipinski definition) is 0. The summed E-state index contributed by atoms with van der Waals surface area (Å²) in [6.45, 7) is 5.73. The molecule has 0 aromatic heterocycles. The lowest BCUT2D eigenvalue weighted by Gasteiger charge is -2.13. The molecule has 2 nitrogen and oxygen atoms in total. The lowest BCUT2D eigenvalue weighted by molar-refractivity contribution is 0.260. The van der Waals surface area contributed by atoms with Crippen molar-refractivity contribution in [2.75, 3.05) is 13.2 Å². The van der Waals surface area contributed by atoms with Crippen molar-refractivity contribution in [3.8, 4) is 11.5 Å². The van der Waals surface area contributed by atoms with Crippen LogP contribution < -0.4 is 9.47 Å². The molecule has 0 unspecified atom stereocenters. The Labute approximate surface area is 112 Å². The molecule has 0 saturated heterocycles. The minimum atomic E-state index is 0.712. The first-order valence-electron chi connectivity index (χ1n) is 6.25. The van der Waals surface area contributed by atoms with E-state index in [0.717, 1.165) is 42.5 Å². The van der Waals surface area contributed by atoms with Crippen LogP contribution in [-0.4, -0.2) is 13.2 Å². The highest BCUT2D eigenvalue weighted by atomic mass is 79.9. The van der Waals surface area contributed by atoms with Gasteiger partial charge in [-0.3, -0.25) is 0 Å². The van der Waals surface area contributed by atoms with Crippen LogP contribution in [0.25, 0.3) is 0 Å².